The van der Waals surface area contributed by atoms with E-state index in [0.717, 1.165) is 44.6 Å². The van der Waals surface area contributed by atoms with Gasteiger partial charge in [-0.25, -0.2) is 4.39 Å². The second-order valence-corrected chi connectivity index (χ2v) is 10.5. The van der Waals surface area contributed by atoms with E-state index in [9.17, 15) is 14.0 Å². The summed E-state index contributed by atoms with van der Waals surface area (Å²) in [5.41, 5.74) is 1.75. The SMILES string of the molecule is COc1ccc(C2CC2(C)NCCCCC(NC(=O)c2ccc(F)cc2)C(=O)N2CCN(C)CC2)cc1. The Balaban J connectivity index is 1.28. The van der Waals surface area contributed by atoms with Gasteiger partial charge in [-0.3, -0.25) is 9.59 Å². The first-order chi connectivity index (χ1) is 17.8. The number of carbonyl (C=O) groups is 2. The van der Waals surface area contributed by atoms with E-state index in [2.05, 4.69) is 34.6 Å². The Morgan fingerprint density at radius 2 is 1.73 bits per heavy atom. The Bertz CT molecular complexity index is 1050. The van der Waals surface area contributed by atoms with E-state index in [1.807, 2.05) is 24.1 Å². The fourth-order valence-electron chi connectivity index (χ4n) is 5.08. The number of piperazine rings is 1. The molecule has 1 saturated heterocycles. The fourth-order valence-corrected chi connectivity index (χ4v) is 5.08. The third kappa shape index (κ3) is 7.08. The lowest BCUT2D eigenvalue weighted by Crippen LogP contribution is -2.54. The molecule has 2 fully saturated rings. The summed E-state index contributed by atoms with van der Waals surface area (Å²) in [6, 6.07) is 13.1. The summed E-state index contributed by atoms with van der Waals surface area (Å²) in [6.45, 7) is 6.06. The Labute approximate surface area is 219 Å². The molecule has 2 N–H and O–H groups in total. The molecule has 3 atom stereocenters. The molecule has 1 aliphatic heterocycles. The summed E-state index contributed by atoms with van der Waals surface area (Å²) in [5.74, 6) is 0.572. The van der Waals surface area contributed by atoms with Crippen LogP contribution >= 0.6 is 0 Å². The number of hydrogen-bond donors (Lipinski definition) is 2. The van der Waals surface area contributed by atoms with E-state index in [0.29, 0.717) is 31.0 Å². The van der Waals surface area contributed by atoms with Gasteiger partial charge in [0.1, 0.15) is 17.6 Å². The zero-order valence-electron chi connectivity index (χ0n) is 22.1. The monoisotopic (exact) mass is 510 g/mol. The van der Waals surface area contributed by atoms with Gasteiger partial charge in [0.25, 0.3) is 5.91 Å². The number of amides is 2. The van der Waals surface area contributed by atoms with Gasteiger partial charge < -0.3 is 25.2 Å². The summed E-state index contributed by atoms with van der Waals surface area (Å²) in [6.07, 6.45) is 3.38. The van der Waals surface area contributed by atoms with Crippen molar-refractivity contribution in [1.29, 1.82) is 0 Å². The van der Waals surface area contributed by atoms with Gasteiger partial charge in [-0.1, -0.05) is 12.1 Å². The number of benzene rings is 2. The Kier molecular flexibility index (Phi) is 8.82. The van der Waals surface area contributed by atoms with E-state index in [-0.39, 0.29) is 17.4 Å². The predicted octanol–water partition coefficient (Wildman–Crippen LogP) is 3.41. The minimum absolute atomic E-state index is 0.0368. The lowest BCUT2D eigenvalue weighted by Gasteiger charge is -2.34. The zero-order valence-corrected chi connectivity index (χ0v) is 22.1. The van der Waals surface area contributed by atoms with Gasteiger partial charge >= 0.3 is 0 Å². The third-order valence-electron chi connectivity index (χ3n) is 7.73. The molecule has 0 aromatic heterocycles. The van der Waals surface area contributed by atoms with Crippen molar-refractivity contribution in [2.24, 2.45) is 0 Å². The molecule has 200 valence electrons. The standard InChI is InChI=1S/C29H39FN4O3/c1-29(20-25(29)21-9-13-24(37-3)14-10-21)31-15-5-4-6-26(28(36)34-18-16-33(2)17-19-34)32-27(35)22-7-11-23(30)12-8-22/h7-14,25-26,31H,4-6,15-20H2,1-3H3,(H,32,35). The van der Waals surface area contributed by atoms with Crippen LogP contribution in [0.15, 0.2) is 48.5 Å². The predicted molar refractivity (Wildman–Crippen MR) is 142 cm³/mol. The van der Waals surface area contributed by atoms with Gasteiger partial charge in [0.15, 0.2) is 0 Å². The van der Waals surface area contributed by atoms with Crippen LogP contribution in [0.5, 0.6) is 5.75 Å². The lowest BCUT2D eigenvalue weighted by atomic mass is 10.1. The summed E-state index contributed by atoms with van der Waals surface area (Å²) in [5, 5.41) is 6.62. The van der Waals surface area contributed by atoms with Gasteiger partial charge in [-0.15, -0.1) is 0 Å². The van der Waals surface area contributed by atoms with Gasteiger partial charge in [0.05, 0.1) is 7.11 Å². The minimum Gasteiger partial charge on any atom is -0.497 e. The quantitative estimate of drug-likeness (QED) is 0.454. The number of unbranched alkanes of at least 4 members (excludes halogenated alkanes) is 1. The van der Waals surface area contributed by atoms with Crippen molar-refractivity contribution < 1.29 is 18.7 Å². The lowest BCUT2D eigenvalue weighted by molar-refractivity contribution is -0.135. The largest absolute Gasteiger partial charge is 0.497 e. The highest BCUT2D eigenvalue weighted by molar-refractivity contribution is 5.97. The first-order valence-electron chi connectivity index (χ1n) is 13.2. The highest BCUT2D eigenvalue weighted by atomic mass is 19.1. The molecule has 0 spiro atoms. The number of halogens is 1. The molecule has 1 saturated carbocycles. The minimum atomic E-state index is -0.593. The smallest absolute Gasteiger partial charge is 0.251 e. The maximum Gasteiger partial charge on any atom is 0.251 e. The zero-order chi connectivity index (χ0) is 26.4. The van der Waals surface area contributed by atoms with Crippen LogP contribution < -0.4 is 15.4 Å². The molecular weight excluding hydrogens is 471 g/mol. The van der Waals surface area contributed by atoms with E-state index in [4.69, 9.17) is 4.74 Å². The van der Waals surface area contributed by atoms with Crippen molar-refractivity contribution in [2.75, 3.05) is 46.9 Å². The highest BCUT2D eigenvalue weighted by Crippen LogP contribution is 2.51. The molecule has 8 heteroatoms. The molecule has 37 heavy (non-hydrogen) atoms. The Morgan fingerprint density at radius 1 is 1.05 bits per heavy atom. The van der Waals surface area contributed by atoms with Crippen LogP contribution in [0.2, 0.25) is 0 Å². The van der Waals surface area contributed by atoms with Crippen LogP contribution in [0.1, 0.15) is 54.4 Å². The molecule has 7 nitrogen and oxygen atoms in total. The molecule has 1 heterocycles. The number of ether oxygens (including phenoxy) is 1. The topological polar surface area (TPSA) is 73.9 Å². The number of nitrogens with zero attached hydrogens (tertiary/aromatic N) is 2. The number of rotatable bonds is 11. The first kappa shape index (κ1) is 27.1. The van der Waals surface area contributed by atoms with Crippen molar-refractivity contribution in [3.05, 3.63) is 65.5 Å². The summed E-state index contributed by atoms with van der Waals surface area (Å²) >= 11 is 0. The second kappa shape index (κ2) is 12.0. The number of carbonyl (C=O) groups excluding carboxylic acids is 2. The van der Waals surface area contributed by atoms with E-state index < -0.39 is 11.9 Å². The summed E-state index contributed by atoms with van der Waals surface area (Å²) in [7, 11) is 3.72. The average Bonchev–Trinajstić information content (AvgIpc) is 3.59. The van der Waals surface area contributed by atoms with Crippen LogP contribution in [-0.4, -0.2) is 80.1 Å². The van der Waals surface area contributed by atoms with Crippen LogP contribution in [0.3, 0.4) is 0 Å². The Morgan fingerprint density at radius 3 is 2.38 bits per heavy atom. The number of hydrogen-bond acceptors (Lipinski definition) is 5. The van der Waals surface area contributed by atoms with Gasteiger partial charge in [0, 0.05) is 43.2 Å². The number of nitrogens with one attached hydrogen (secondary N) is 2. The van der Waals surface area contributed by atoms with Gasteiger partial charge in [-0.05, 0) is 88.2 Å². The van der Waals surface area contributed by atoms with Crippen LogP contribution in [0, 0.1) is 5.82 Å². The van der Waals surface area contributed by atoms with E-state index >= 15 is 0 Å². The van der Waals surface area contributed by atoms with Crippen molar-refractivity contribution in [2.45, 2.75) is 50.1 Å². The number of likely N-dealkylation sites (N-methyl/N-ethyl adjacent to an activating group) is 1. The van der Waals surface area contributed by atoms with Crippen molar-refractivity contribution >= 4 is 11.8 Å². The molecular formula is C29H39FN4O3. The number of methoxy groups -OCH3 is 1. The maximum atomic E-state index is 13.3. The summed E-state index contributed by atoms with van der Waals surface area (Å²) < 4.78 is 18.5. The average molecular weight is 511 g/mol. The molecule has 0 radical (unpaired) electrons. The van der Waals surface area contributed by atoms with E-state index in [1.165, 1.54) is 29.8 Å². The molecule has 1 aliphatic carbocycles. The van der Waals surface area contributed by atoms with Crippen LogP contribution in [0.4, 0.5) is 4.39 Å². The molecule has 2 amide bonds. The van der Waals surface area contributed by atoms with Gasteiger partial charge in [-0.2, -0.15) is 0 Å². The first-order valence-corrected chi connectivity index (χ1v) is 13.2. The third-order valence-corrected chi connectivity index (χ3v) is 7.73. The molecule has 2 aromatic carbocycles. The maximum absolute atomic E-state index is 13.3. The van der Waals surface area contributed by atoms with Gasteiger partial charge in [0.2, 0.25) is 5.91 Å². The van der Waals surface area contributed by atoms with Crippen molar-refractivity contribution in [3.8, 4) is 5.75 Å². The van der Waals surface area contributed by atoms with Crippen LogP contribution in [0.25, 0.3) is 0 Å². The van der Waals surface area contributed by atoms with Crippen LogP contribution in [-0.2, 0) is 4.79 Å². The molecule has 2 aliphatic rings. The fraction of sp³-hybridized carbons (Fsp3) is 0.517. The van der Waals surface area contributed by atoms with Crippen molar-refractivity contribution in [1.82, 2.24) is 20.4 Å². The summed E-state index contributed by atoms with van der Waals surface area (Å²) in [4.78, 5) is 30.2. The molecule has 4 rings (SSSR count). The highest BCUT2D eigenvalue weighted by Gasteiger charge is 2.50. The molecule has 3 unspecified atom stereocenters. The second-order valence-electron chi connectivity index (χ2n) is 10.5. The van der Waals surface area contributed by atoms with Crippen molar-refractivity contribution in [3.63, 3.8) is 0 Å². The Hall–Kier alpha value is -2.97. The molecule has 0 bridgehead atoms. The normalized spacial score (nSPS) is 22.4. The van der Waals surface area contributed by atoms with E-state index in [1.54, 1.807) is 7.11 Å². The molecule has 2 aromatic rings.